The summed E-state index contributed by atoms with van der Waals surface area (Å²) in [6, 6.07) is 8.35. The van der Waals surface area contributed by atoms with E-state index in [9.17, 15) is 18.4 Å². The first-order chi connectivity index (χ1) is 16.5. The van der Waals surface area contributed by atoms with Crippen molar-refractivity contribution in [3.8, 4) is 22.9 Å². The van der Waals surface area contributed by atoms with Crippen molar-refractivity contribution in [1.82, 2.24) is 34.3 Å². The van der Waals surface area contributed by atoms with Gasteiger partial charge in [-0.05, 0) is 17.7 Å². The van der Waals surface area contributed by atoms with E-state index >= 15 is 0 Å². The fourth-order valence-electron chi connectivity index (χ4n) is 3.73. The van der Waals surface area contributed by atoms with E-state index in [1.807, 2.05) is 0 Å². The maximum absolute atomic E-state index is 14.2. The zero-order valence-electron chi connectivity index (χ0n) is 17.3. The zero-order chi connectivity index (χ0) is 23.8. The number of fused-ring (bicyclic) bond motifs is 1. The predicted molar refractivity (Wildman–Crippen MR) is 114 cm³/mol. The molecule has 0 saturated heterocycles. The topological polar surface area (TPSA) is 124 Å². The van der Waals surface area contributed by atoms with Crippen LogP contribution in [0.25, 0.3) is 22.3 Å². The molecule has 0 aliphatic rings. The first-order valence-electron chi connectivity index (χ1n) is 9.91. The van der Waals surface area contributed by atoms with Crippen molar-refractivity contribution in [3.05, 3.63) is 83.8 Å². The number of para-hydroxylation sites is 1. The van der Waals surface area contributed by atoms with Gasteiger partial charge >= 0.3 is 0 Å². The molecule has 168 valence electrons. The summed E-state index contributed by atoms with van der Waals surface area (Å²) in [5.74, 6) is -0.971. The van der Waals surface area contributed by atoms with Crippen molar-refractivity contribution in [1.29, 1.82) is 5.26 Å². The lowest BCUT2D eigenvalue weighted by Crippen LogP contribution is -2.03. The van der Waals surface area contributed by atoms with Gasteiger partial charge in [-0.1, -0.05) is 12.1 Å². The lowest BCUT2D eigenvalue weighted by molar-refractivity contribution is 0.140. The highest BCUT2D eigenvalue weighted by molar-refractivity contribution is 5.92. The zero-order valence-corrected chi connectivity index (χ0v) is 17.3. The number of nitriles is 1. The van der Waals surface area contributed by atoms with Crippen molar-refractivity contribution in [2.75, 3.05) is 5.73 Å². The molecule has 2 N–H and O–H groups in total. The van der Waals surface area contributed by atoms with E-state index in [1.165, 1.54) is 34.0 Å². The van der Waals surface area contributed by atoms with E-state index in [0.29, 0.717) is 27.9 Å². The molecule has 0 aliphatic carbocycles. The van der Waals surface area contributed by atoms with Crippen molar-refractivity contribution in [2.45, 2.75) is 12.8 Å². The summed E-state index contributed by atoms with van der Waals surface area (Å²) in [4.78, 5) is 11.4. The molecule has 0 atom stereocenters. The van der Waals surface area contributed by atoms with Crippen LogP contribution in [0.2, 0.25) is 0 Å². The van der Waals surface area contributed by atoms with Crippen molar-refractivity contribution < 1.29 is 13.2 Å². The summed E-state index contributed by atoms with van der Waals surface area (Å²) >= 11 is 0. The molecule has 0 unspecified atom stereocenters. The number of hydrogen-bond acceptors (Lipinski definition) is 7. The maximum Gasteiger partial charge on any atom is 0.297 e. The van der Waals surface area contributed by atoms with Gasteiger partial charge in [0.25, 0.3) is 6.43 Å². The predicted octanol–water partition coefficient (Wildman–Crippen LogP) is 3.49. The summed E-state index contributed by atoms with van der Waals surface area (Å²) < 4.78 is 42.8. The molecule has 4 aromatic heterocycles. The minimum atomic E-state index is -2.83. The van der Waals surface area contributed by atoms with Gasteiger partial charge < -0.3 is 5.73 Å². The number of benzene rings is 1. The second-order valence-corrected chi connectivity index (χ2v) is 7.27. The van der Waals surface area contributed by atoms with Gasteiger partial charge in [-0.15, -0.1) is 0 Å². The molecule has 0 radical (unpaired) electrons. The number of hydrogen-bond donors (Lipinski definition) is 1. The van der Waals surface area contributed by atoms with Gasteiger partial charge in [0.15, 0.2) is 11.6 Å². The van der Waals surface area contributed by atoms with E-state index in [4.69, 9.17) is 5.73 Å². The second-order valence-electron chi connectivity index (χ2n) is 7.27. The summed E-state index contributed by atoms with van der Waals surface area (Å²) in [5, 5.41) is 18.5. The number of alkyl halides is 2. The number of rotatable bonds is 5. The Morgan fingerprint density at radius 1 is 1.06 bits per heavy atom. The van der Waals surface area contributed by atoms with Crippen LogP contribution >= 0.6 is 0 Å². The highest BCUT2D eigenvalue weighted by Crippen LogP contribution is 2.35. The lowest BCUT2D eigenvalue weighted by atomic mass is 10.0. The van der Waals surface area contributed by atoms with Crippen LogP contribution in [-0.4, -0.2) is 34.3 Å². The Labute approximate surface area is 189 Å². The Morgan fingerprint density at radius 3 is 2.53 bits per heavy atom. The highest BCUT2D eigenvalue weighted by atomic mass is 19.3. The standard InChI is InChI=1S/C22H14F3N9/c23-15-3-1-2-4-16(15)33-10-12(7-31-33)5-17-14(6-26)18(19-21(27)30-11-32-34(17)19)13-8-28-22(20(24)25)29-9-13/h1-4,7-11,20H,5H2,(H2,27,30,32). The highest BCUT2D eigenvalue weighted by Gasteiger charge is 2.24. The molecule has 0 bridgehead atoms. The number of halogens is 3. The van der Waals surface area contributed by atoms with Crippen LogP contribution in [-0.2, 0) is 6.42 Å². The number of nitrogens with two attached hydrogens (primary N) is 1. The van der Waals surface area contributed by atoms with Crippen LogP contribution < -0.4 is 5.73 Å². The monoisotopic (exact) mass is 461 g/mol. The molecule has 9 nitrogen and oxygen atoms in total. The average Bonchev–Trinajstić information content (AvgIpc) is 3.43. The Balaban J connectivity index is 1.64. The van der Waals surface area contributed by atoms with Crippen LogP contribution in [0.5, 0.6) is 0 Å². The molecule has 34 heavy (non-hydrogen) atoms. The van der Waals surface area contributed by atoms with E-state index in [-0.39, 0.29) is 23.5 Å². The molecule has 0 spiro atoms. The quantitative estimate of drug-likeness (QED) is 0.425. The molecule has 0 aliphatic heterocycles. The smallest absolute Gasteiger partial charge is 0.297 e. The van der Waals surface area contributed by atoms with Crippen LogP contribution in [0.4, 0.5) is 19.0 Å². The number of nitrogen functional groups attached to an aromatic ring is 1. The Morgan fingerprint density at radius 2 is 1.82 bits per heavy atom. The minimum absolute atomic E-state index is 0.0905. The van der Waals surface area contributed by atoms with Crippen molar-refractivity contribution >= 4 is 11.3 Å². The molecule has 5 rings (SSSR count). The van der Waals surface area contributed by atoms with Crippen molar-refractivity contribution in [3.63, 3.8) is 0 Å². The second kappa shape index (κ2) is 8.28. The molecule has 0 saturated carbocycles. The van der Waals surface area contributed by atoms with Gasteiger partial charge in [0.1, 0.15) is 29.4 Å². The van der Waals surface area contributed by atoms with E-state index < -0.39 is 18.1 Å². The first kappa shape index (κ1) is 21.1. The third-order valence-corrected chi connectivity index (χ3v) is 5.22. The SMILES string of the molecule is N#Cc1c(-c2cnc(C(F)F)nc2)c2c(N)ncnn2c1Cc1cnn(-c2ccccc2F)c1. The molecule has 5 aromatic rings. The van der Waals surface area contributed by atoms with Crippen molar-refractivity contribution in [2.24, 2.45) is 0 Å². The summed E-state index contributed by atoms with van der Waals surface area (Å²) in [6.07, 6.45) is 4.22. The summed E-state index contributed by atoms with van der Waals surface area (Å²) in [6.45, 7) is 0. The molecule has 0 amide bonds. The largest absolute Gasteiger partial charge is 0.382 e. The van der Waals surface area contributed by atoms with E-state index in [1.54, 1.807) is 30.6 Å². The Hall–Kier alpha value is -4.79. The van der Waals surface area contributed by atoms with E-state index in [0.717, 1.165) is 0 Å². The molecule has 4 heterocycles. The summed E-state index contributed by atoms with van der Waals surface area (Å²) in [5.41, 5.74) is 8.69. The molecular weight excluding hydrogens is 447 g/mol. The van der Waals surface area contributed by atoms with Crippen LogP contribution in [0.3, 0.4) is 0 Å². The number of anilines is 1. The average molecular weight is 461 g/mol. The maximum atomic E-state index is 14.2. The van der Waals surface area contributed by atoms with Gasteiger partial charge in [0.2, 0.25) is 0 Å². The first-order valence-corrected chi connectivity index (χ1v) is 9.91. The third kappa shape index (κ3) is 3.49. The van der Waals surface area contributed by atoms with Gasteiger partial charge in [-0.3, -0.25) is 0 Å². The van der Waals surface area contributed by atoms with Gasteiger partial charge in [-0.2, -0.15) is 15.5 Å². The Kier molecular flexibility index (Phi) is 5.14. The molecular formula is C22H14F3N9. The van der Waals surface area contributed by atoms with Crippen LogP contribution in [0.1, 0.15) is 29.1 Å². The van der Waals surface area contributed by atoms with Crippen LogP contribution in [0.15, 0.2) is 55.4 Å². The van der Waals surface area contributed by atoms with Gasteiger partial charge in [0, 0.05) is 36.1 Å². The lowest BCUT2D eigenvalue weighted by Gasteiger charge is -2.03. The van der Waals surface area contributed by atoms with Gasteiger partial charge in [-0.25, -0.2) is 37.3 Å². The minimum Gasteiger partial charge on any atom is -0.382 e. The normalized spacial score (nSPS) is 11.3. The molecule has 12 heteroatoms. The number of nitrogens with zero attached hydrogens (tertiary/aromatic N) is 8. The summed E-state index contributed by atoms with van der Waals surface area (Å²) in [7, 11) is 0. The fourth-order valence-corrected chi connectivity index (χ4v) is 3.73. The van der Waals surface area contributed by atoms with Gasteiger partial charge in [0.05, 0.1) is 17.5 Å². The van der Waals surface area contributed by atoms with E-state index in [2.05, 4.69) is 31.2 Å². The molecule has 1 aromatic carbocycles. The number of aromatic nitrogens is 7. The Bertz CT molecular complexity index is 1550. The van der Waals surface area contributed by atoms with Crippen LogP contribution in [0, 0.1) is 17.1 Å². The fraction of sp³-hybridized carbons (Fsp3) is 0.0909. The third-order valence-electron chi connectivity index (χ3n) is 5.22. The molecule has 0 fully saturated rings.